The predicted molar refractivity (Wildman–Crippen MR) is 141 cm³/mol. The Morgan fingerprint density at radius 3 is 2.53 bits per heavy atom. The molecule has 0 spiro atoms. The molecule has 0 aromatic heterocycles. The van der Waals surface area contributed by atoms with E-state index < -0.39 is 5.92 Å². The fraction of sp³-hybridized carbons (Fsp3) is 0.393. The predicted octanol–water partition coefficient (Wildman–Crippen LogP) is 5.33. The van der Waals surface area contributed by atoms with Crippen molar-refractivity contribution < 1.29 is 19.1 Å². The van der Waals surface area contributed by atoms with Crippen molar-refractivity contribution in [3.63, 3.8) is 0 Å². The van der Waals surface area contributed by atoms with Crippen LogP contribution in [0.15, 0.2) is 59.0 Å². The zero-order valence-corrected chi connectivity index (χ0v) is 21.7. The molecule has 188 valence electrons. The standard InChI is InChI=1S/C28H31N3O4S/c1-4-19-10-12-21(13-11-19)31-25(32)24-22-14-15-29(28(34)35-5-2)17-23(22)36-26(24)30(27(31)33)16-20-9-7-6-8-18(20)3/h6-13,24,26H,4-5,14-17H2,1-3H3. The van der Waals surface area contributed by atoms with Gasteiger partial charge in [0.25, 0.3) is 0 Å². The van der Waals surface area contributed by atoms with Crippen LogP contribution in [0, 0.1) is 12.8 Å². The largest absolute Gasteiger partial charge is 0.450 e. The molecule has 0 radical (unpaired) electrons. The van der Waals surface area contributed by atoms with E-state index in [-0.39, 0.29) is 23.4 Å². The van der Waals surface area contributed by atoms with E-state index in [4.69, 9.17) is 4.74 Å². The number of ether oxygens (including phenoxy) is 1. The van der Waals surface area contributed by atoms with Gasteiger partial charge in [0.1, 0.15) is 0 Å². The van der Waals surface area contributed by atoms with Gasteiger partial charge in [0.15, 0.2) is 0 Å². The summed E-state index contributed by atoms with van der Waals surface area (Å²) in [6, 6.07) is 15.4. The lowest BCUT2D eigenvalue weighted by Gasteiger charge is -2.42. The van der Waals surface area contributed by atoms with E-state index in [0.717, 1.165) is 33.6 Å². The van der Waals surface area contributed by atoms with Crippen LogP contribution in [0.4, 0.5) is 15.3 Å². The normalized spacial score (nSPS) is 21.6. The number of fused-ring (bicyclic) bond motifs is 2. The van der Waals surface area contributed by atoms with Crippen LogP contribution in [-0.2, 0) is 22.5 Å². The number of hydrogen-bond acceptors (Lipinski definition) is 5. The highest BCUT2D eigenvalue weighted by Gasteiger charge is 2.53. The van der Waals surface area contributed by atoms with Crippen molar-refractivity contribution in [3.8, 4) is 0 Å². The topological polar surface area (TPSA) is 70.2 Å². The van der Waals surface area contributed by atoms with Gasteiger partial charge in [-0.3, -0.25) is 4.79 Å². The van der Waals surface area contributed by atoms with Gasteiger partial charge in [0.05, 0.1) is 30.1 Å². The smallest absolute Gasteiger partial charge is 0.410 e. The molecule has 7 nitrogen and oxygen atoms in total. The first-order valence-electron chi connectivity index (χ1n) is 12.5. The van der Waals surface area contributed by atoms with Gasteiger partial charge in [0.2, 0.25) is 5.91 Å². The Morgan fingerprint density at radius 1 is 1.08 bits per heavy atom. The summed E-state index contributed by atoms with van der Waals surface area (Å²) in [4.78, 5) is 46.1. The van der Waals surface area contributed by atoms with Crippen LogP contribution in [0.1, 0.15) is 37.0 Å². The molecule has 0 saturated carbocycles. The minimum Gasteiger partial charge on any atom is -0.450 e. The van der Waals surface area contributed by atoms with E-state index in [1.807, 2.05) is 60.4 Å². The summed E-state index contributed by atoms with van der Waals surface area (Å²) >= 11 is 1.55. The number of thioether (sulfide) groups is 1. The van der Waals surface area contributed by atoms with Crippen LogP contribution >= 0.6 is 11.8 Å². The fourth-order valence-corrected chi connectivity index (χ4v) is 6.79. The second-order valence-corrected chi connectivity index (χ2v) is 10.5. The Balaban J connectivity index is 1.51. The Bertz CT molecular complexity index is 1230. The number of rotatable bonds is 5. The fourth-order valence-electron chi connectivity index (χ4n) is 5.18. The highest BCUT2D eigenvalue weighted by Crippen LogP contribution is 2.51. The van der Waals surface area contributed by atoms with Crippen LogP contribution in [0.5, 0.6) is 0 Å². The molecule has 2 aromatic rings. The van der Waals surface area contributed by atoms with Crippen LogP contribution in [0.25, 0.3) is 0 Å². The molecule has 0 N–H and O–H groups in total. The summed E-state index contributed by atoms with van der Waals surface area (Å²) < 4.78 is 5.21. The Kier molecular flexibility index (Phi) is 6.79. The Labute approximate surface area is 216 Å². The van der Waals surface area contributed by atoms with Gasteiger partial charge in [-0.2, -0.15) is 0 Å². The number of nitrogens with zero attached hydrogens (tertiary/aromatic N) is 3. The molecule has 0 bridgehead atoms. The first-order chi connectivity index (χ1) is 17.4. The molecular formula is C28H31N3O4S. The minimum atomic E-state index is -0.429. The first-order valence-corrected chi connectivity index (χ1v) is 13.4. The average molecular weight is 506 g/mol. The third-order valence-corrected chi connectivity index (χ3v) is 8.67. The van der Waals surface area contributed by atoms with Gasteiger partial charge in [0, 0.05) is 18.0 Å². The number of benzene rings is 2. The molecule has 36 heavy (non-hydrogen) atoms. The molecule has 3 heterocycles. The van der Waals surface area contributed by atoms with Crippen molar-refractivity contribution in [1.82, 2.24) is 9.80 Å². The van der Waals surface area contributed by atoms with Crippen molar-refractivity contribution in [2.75, 3.05) is 24.6 Å². The lowest BCUT2D eigenvalue weighted by Crippen LogP contribution is -2.60. The number of carbonyl (C=O) groups is 3. The van der Waals surface area contributed by atoms with E-state index in [0.29, 0.717) is 38.3 Å². The number of anilines is 1. The van der Waals surface area contributed by atoms with E-state index >= 15 is 0 Å². The highest BCUT2D eigenvalue weighted by atomic mass is 32.2. The number of amides is 4. The molecule has 1 fully saturated rings. The van der Waals surface area contributed by atoms with Crippen molar-refractivity contribution in [2.24, 2.45) is 5.92 Å². The van der Waals surface area contributed by atoms with Gasteiger partial charge in [-0.25, -0.2) is 14.5 Å². The maximum absolute atomic E-state index is 13.9. The second kappa shape index (κ2) is 10.0. The summed E-state index contributed by atoms with van der Waals surface area (Å²) in [7, 11) is 0. The van der Waals surface area contributed by atoms with E-state index in [1.165, 1.54) is 4.90 Å². The van der Waals surface area contributed by atoms with E-state index in [2.05, 4.69) is 6.92 Å². The molecule has 4 amide bonds. The van der Waals surface area contributed by atoms with Crippen molar-refractivity contribution in [1.29, 1.82) is 0 Å². The summed E-state index contributed by atoms with van der Waals surface area (Å²) in [5.74, 6) is -0.612. The quantitative estimate of drug-likeness (QED) is 0.549. The first kappa shape index (κ1) is 24.4. The van der Waals surface area contributed by atoms with Crippen molar-refractivity contribution in [3.05, 3.63) is 75.7 Å². The van der Waals surface area contributed by atoms with Crippen LogP contribution in [0.3, 0.4) is 0 Å². The summed E-state index contributed by atoms with van der Waals surface area (Å²) in [6.45, 7) is 7.56. The lowest BCUT2D eigenvalue weighted by atomic mass is 9.89. The Morgan fingerprint density at radius 2 is 1.83 bits per heavy atom. The van der Waals surface area contributed by atoms with Gasteiger partial charge < -0.3 is 14.5 Å². The van der Waals surface area contributed by atoms with Gasteiger partial charge in [-0.15, -0.1) is 11.8 Å². The number of imide groups is 1. The molecule has 2 aromatic carbocycles. The van der Waals surface area contributed by atoms with Gasteiger partial charge in [-0.1, -0.05) is 43.3 Å². The molecule has 0 aliphatic carbocycles. The van der Waals surface area contributed by atoms with E-state index in [9.17, 15) is 14.4 Å². The molecule has 2 atom stereocenters. The molecule has 2 unspecified atom stereocenters. The summed E-state index contributed by atoms with van der Waals surface area (Å²) in [5, 5.41) is -0.331. The van der Waals surface area contributed by atoms with Crippen molar-refractivity contribution >= 4 is 35.5 Å². The second-order valence-electron chi connectivity index (χ2n) is 9.34. The minimum absolute atomic E-state index is 0.183. The third kappa shape index (κ3) is 4.28. The monoisotopic (exact) mass is 505 g/mol. The van der Waals surface area contributed by atoms with Crippen molar-refractivity contribution in [2.45, 2.75) is 45.5 Å². The maximum atomic E-state index is 13.9. The molecule has 1 saturated heterocycles. The third-order valence-electron chi connectivity index (χ3n) is 7.23. The zero-order chi connectivity index (χ0) is 25.4. The summed E-state index contributed by atoms with van der Waals surface area (Å²) in [5.41, 5.74) is 4.95. The number of urea groups is 1. The molecule has 3 aliphatic heterocycles. The van der Waals surface area contributed by atoms with Crippen LogP contribution in [0.2, 0.25) is 0 Å². The molecule has 3 aliphatic rings. The number of aryl methyl sites for hydroxylation is 2. The molecule has 5 rings (SSSR count). The highest BCUT2D eigenvalue weighted by molar-refractivity contribution is 8.04. The van der Waals surface area contributed by atoms with Gasteiger partial charge >= 0.3 is 12.1 Å². The van der Waals surface area contributed by atoms with Crippen LogP contribution in [-0.4, -0.2) is 52.9 Å². The zero-order valence-electron chi connectivity index (χ0n) is 20.9. The summed E-state index contributed by atoms with van der Waals surface area (Å²) in [6.07, 6.45) is 1.15. The average Bonchev–Trinajstić information content (AvgIpc) is 3.27. The Hall–Kier alpha value is -3.26. The lowest BCUT2D eigenvalue weighted by molar-refractivity contribution is -0.122. The molecule has 8 heteroatoms. The van der Waals surface area contributed by atoms with Gasteiger partial charge in [-0.05, 0) is 61.1 Å². The molecular weight excluding hydrogens is 474 g/mol. The number of hydrogen-bond donors (Lipinski definition) is 0. The number of carbonyl (C=O) groups excluding carboxylic acids is 3. The SMILES string of the molecule is CCOC(=O)N1CCC2=C(C1)SC1C2C(=O)N(c2ccc(CC)cc2)C(=O)N1Cc1ccccc1C. The van der Waals surface area contributed by atoms with Crippen LogP contribution < -0.4 is 4.90 Å². The maximum Gasteiger partial charge on any atom is 0.410 e. The van der Waals surface area contributed by atoms with E-state index in [1.54, 1.807) is 23.6 Å².